The maximum Gasteiger partial charge on any atom is 0.119 e. The van der Waals surface area contributed by atoms with Crippen molar-refractivity contribution >= 4 is 0 Å². The summed E-state index contributed by atoms with van der Waals surface area (Å²) < 4.78 is 7.31. The first-order valence-corrected chi connectivity index (χ1v) is 6.80. The molecule has 0 spiro atoms. The lowest BCUT2D eigenvalue weighted by atomic mass is 10.1. The number of rotatable bonds is 3. The third-order valence-electron chi connectivity index (χ3n) is 3.32. The Hall–Kier alpha value is -2.62. The molecule has 3 aromatic rings. The third kappa shape index (κ3) is 2.65. The summed E-state index contributed by atoms with van der Waals surface area (Å²) in [6.45, 7) is 4.06. The number of hydrogen-bond donors (Lipinski definition) is 0. The van der Waals surface area contributed by atoms with Crippen molar-refractivity contribution in [2.45, 2.75) is 13.8 Å². The van der Waals surface area contributed by atoms with Gasteiger partial charge in [-0.05, 0) is 55.8 Å². The van der Waals surface area contributed by atoms with Gasteiger partial charge in [-0.2, -0.15) is 5.10 Å². The van der Waals surface area contributed by atoms with Gasteiger partial charge in [0, 0.05) is 18.0 Å². The van der Waals surface area contributed by atoms with Crippen LogP contribution in [-0.2, 0) is 0 Å². The van der Waals surface area contributed by atoms with Gasteiger partial charge in [-0.3, -0.25) is 4.98 Å². The van der Waals surface area contributed by atoms with Crippen LogP contribution in [0.15, 0.2) is 48.8 Å². The molecule has 0 amide bonds. The summed E-state index contributed by atoms with van der Waals surface area (Å²) in [5, 5.41) is 4.59. The molecule has 2 aromatic heterocycles. The summed E-state index contributed by atoms with van der Waals surface area (Å²) in [7, 11) is 1.68. The fourth-order valence-electron chi connectivity index (χ4n) is 2.40. The maximum absolute atomic E-state index is 5.37. The maximum atomic E-state index is 5.37. The lowest BCUT2D eigenvalue weighted by Gasteiger charge is -2.10. The average Bonchev–Trinajstić information content (AvgIpc) is 2.89. The molecule has 2 heterocycles. The Kier molecular flexibility index (Phi) is 3.44. The molecule has 0 fully saturated rings. The van der Waals surface area contributed by atoms with Crippen molar-refractivity contribution in [3.05, 3.63) is 60.0 Å². The predicted molar refractivity (Wildman–Crippen MR) is 82.8 cm³/mol. The third-order valence-corrected chi connectivity index (χ3v) is 3.32. The molecule has 0 saturated heterocycles. The molecule has 0 atom stereocenters. The molecule has 4 nitrogen and oxygen atoms in total. The van der Waals surface area contributed by atoms with Crippen LogP contribution in [0.4, 0.5) is 0 Å². The van der Waals surface area contributed by atoms with Gasteiger partial charge in [0.2, 0.25) is 0 Å². The van der Waals surface area contributed by atoms with Gasteiger partial charge in [-0.15, -0.1) is 0 Å². The number of nitrogens with zero attached hydrogens (tertiary/aromatic N) is 3. The van der Waals surface area contributed by atoms with Crippen LogP contribution in [0.25, 0.3) is 16.9 Å². The van der Waals surface area contributed by atoms with E-state index in [1.807, 2.05) is 35.9 Å². The zero-order valence-corrected chi connectivity index (χ0v) is 12.4. The standard InChI is InChI=1S/C17H17N3O/c1-12-8-14(11-16(9-12)21-3)17-10-13(2)19-20(17)15-4-6-18-7-5-15/h4-11H,1-3H3. The molecule has 0 bridgehead atoms. The number of aromatic nitrogens is 3. The van der Waals surface area contributed by atoms with Crippen LogP contribution in [0.5, 0.6) is 5.75 Å². The molecular weight excluding hydrogens is 262 g/mol. The molecule has 21 heavy (non-hydrogen) atoms. The van der Waals surface area contributed by atoms with E-state index in [-0.39, 0.29) is 0 Å². The van der Waals surface area contributed by atoms with Crippen LogP contribution < -0.4 is 4.74 Å². The summed E-state index contributed by atoms with van der Waals surface area (Å²) in [5.74, 6) is 0.852. The summed E-state index contributed by atoms with van der Waals surface area (Å²) >= 11 is 0. The van der Waals surface area contributed by atoms with E-state index in [4.69, 9.17) is 4.74 Å². The van der Waals surface area contributed by atoms with E-state index in [1.165, 1.54) is 0 Å². The molecule has 106 valence electrons. The number of pyridine rings is 1. The average molecular weight is 279 g/mol. The van der Waals surface area contributed by atoms with Crippen molar-refractivity contribution in [2.75, 3.05) is 7.11 Å². The molecule has 3 rings (SSSR count). The van der Waals surface area contributed by atoms with Crippen molar-refractivity contribution in [2.24, 2.45) is 0 Å². The first-order chi connectivity index (χ1) is 10.2. The highest BCUT2D eigenvalue weighted by Crippen LogP contribution is 2.28. The van der Waals surface area contributed by atoms with Gasteiger partial charge < -0.3 is 4.74 Å². The first-order valence-electron chi connectivity index (χ1n) is 6.80. The lowest BCUT2D eigenvalue weighted by molar-refractivity contribution is 0.414. The summed E-state index contributed by atoms with van der Waals surface area (Å²) in [6, 6.07) is 12.2. The van der Waals surface area contributed by atoms with Crippen molar-refractivity contribution in [1.82, 2.24) is 14.8 Å². The minimum Gasteiger partial charge on any atom is -0.497 e. The van der Waals surface area contributed by atoms with Crippen molar-refractivity contribution in [3.63, 3.8) is 0 Å². The summed E-state index contributed by atoms with van der Waals surface area (Å²) in [6.07, 6.45) is 3.54. The SMILES string of the molecule is COc1cc(C)cc(-c2cc(C)nn2-c2ccncc2)c1. The molecular formula is C17H17N3O. The molecule has 0 N–H and O–H groups in total. The van der Waals surface area contributed by atoms with E-state index in [2.05, 4.69) is 29.1 Å². The fraction of sp³-hybridized carbons (Fsp3) is 0.176. The fourth-order valence-corrected chi connectivity index (χ4v) is 2.40. The number of methoxy groups -OCH3 is 1. The number of aryl methyl sites for hydroxylation is 2. The molecule has 0 aliphatic rings. The predicted octanol–water partition coefficient (Wildman–Crippen LogP) is 3.56. The molecule has 1 aromatic carbocycles. The largest absolute Gasteiger partial charge is 0.497 e. The normalized spacial score (nSPS) is 10.6. The highest BCUT2D eigenvalue weighted by molar-refractivity contribution is 5.65. The minimum absolute atomic E-state index is 0.852. The molecule has 0 aliphatic heterocycles. The van der Waals surface area contributed by atoms with Gasteiger partial charge in [-0.1, -0.05) is 0 Å². The van der Waals surface area contributed by atoms with E-state index in [0.717, 1.165) is 34.0 Å². The molecule has 0 unspecified atom stereocenters. The zero-order chi connectivity index (χ0) is 14.8. The molecule has 0 saturated carbocycles. The van der Waals surface area contributed by atoms with Crippen LogP contribution >= 0.6 is 0 Å². The Bertz CT molecular complexity index is 763. The Balaban J connectivity index is 2.18. The molecule has 0 aliphatic carbocycles. The number of hydrogen-bond acceptors (Lipinski definition) is 3. The van der Waals surface area contributed by atoms with E-state index < -0.39 is 0 Å². The second-order valence-electron chi connectivity index (χ2n) is 5.03. The van der Waals surface area contributed by atoms with E-state index in [9.17, 15) is 0 Å². The van der Waals surface area contributed by atoms with Crippen molar-refractivity contribution in [3.8, 4) is 22.7 Å². The van der Waals surface area contributed by atoms with Crippen LogP contribution in [-0.4, -0.2) is 21.9 Å². The van der Waals surface area contributed by atoms with E-state index in [0.29, 0.717) is 0 Å². The van der Waals surface area contributed by atoms with Crippen LogP contribution in [0.3, 0.4) is 0 Å². The lowest BCUT2D eigenvalue weighted by Crippen LogP contribution is -1.99. The Morgan fingerprint density at radius 2 is 1.76 bits per heavy atom. The second kappa shape index (κ2) is 5.40. The number of ether oxygens (including phenoxy) is 1. The van der Waals surface area contributed by atoms with Gasteiger partial charge in [0.1, 0.15) is 5.75 Å². The van der Waals surface area contributed by atoms with Crippen LogP contribution in [0, 0.1) is 13.8 Å². The highest BCUT2D eigenvalue weighted by Gasteiger charge is 2.11. The quantitative estimate of drug-likeness (QED) is 0.736. The summed E-state index contributed by atoms with van der Waals surface area (Å²) in [4.78, 5) is 4.06. The van der Waals surface area contributed by atoms with Gasteiger partial charge in [0.25, 0.3) is 0 Å². The Labute approximate surface area is 124 Å². The first kappa shape index (κ1) is 13.4. The van der Waals surface area contributed by atoms with Crippen molar-refractivity contribution < 1.29 is 4.74 Å². The number of benzene rings is 1. The van der Waals surface area contributed by atoms with Gasteiger partial charge in [0.05, 0.1) is 24.2 Å². The van der Waals surface area contributed by atoms with Gasteiger partial charge in [0.15, 0.2) is 0 Å². The molecule has 4 heteroatoms. The van der Waals surface area contributed by atoms with Gasteiger partial charge >= 0.3 is 0 Å². The smallest absolute Gasteiger partial charge is 0.119 e. The Morgan fingerprint density at radius 1 is 1.00 bits per heavy atom. The minimum atomic E-state index is 0.852. The van der Waals surface area contributed by atoms with E-state index >= 15 is 0 Å². The monoisotopic (exact) mass is 279 g/mol. The Morgan fingerprint density at radius 3 is 2.48 bits per heavy atom. The van der Waals surface area contributed by atoms with E-state index in [1.54, 1.807) is 19.5 Å². The van der Waals surface area contributed by atoms with Crippen molar-refractivity contribution in [1.29, 1.82) is 0 Å². The zero-order valence-electron chi connectivity index (χ0n) is 12.4. The van der Waals surface area contributed by atoms with Crippen LogP contribution in [0.1, 0.15) is 11.3 Å². The highest BCUT2D eigenvalue weighted by atomic mass is 16.5. The van der Waals surface area contributed by atoms with Gasteiger partial charge in [-0.25, -0.2) is 4.68 Å². The molecule has 0 radical (unpaired) electrons. The summed E-state index contributed by atoms with van der Waals surface area (Å²) in [5.41, 5.74) is 5.25. The topological polar surface area (TPSA) is 39.9 Å². The second-order valence-corrected chi connectivity index (χ2v) is 5.03. The van der Waals surface area contributed by atoms with Crippen LogP contribution in [0.2, 0.25) is 0 Å².